The maximum absolute atomic E-state index is 12.4. The highest BCUT2D eigenvalue weighted by atomic mass is 79.9. The first-order valence-corrected chi connectivity index (χ1v) is 10.5. The number of rotatable bonds is 8. The Morgan fingerprint density at radius 1 is 1.04 bits per heavy atom. The van der Waals surface area contributed by atoms with E-state index in [1.54, 1.807) is 44.2 Å². The van der Waals surface area contributed by atoms with Crippen LogP contribution in [-0.2, 0) is 14.8 Å². The maximum Gasteiger partial charge on any atom is 0.243 e. The highest BCUT2D eigenvalue weighted by Gasteiger charge is 2.21. The van der Waals surface area contributed by atoms with Gasteiger partial charge in [-0.1, -0.05) is 26.0 Å². The van der Waals surface area contributed by atoms with Crippen LogP contribution in [0, 0.1) is 0 Å². The van der Waals surface area contributed by atoms with E-state index in [0.29, 0.717) is 24.5 Å². The van der Waals surface area contributed by atoms with Gasteiger partial charge in [-0.05, 0) is 52.3 Å². The fourth-order valence-electron chi connectivity index (χ4n) is 2.40. The predicted octanol–water partition coefficient (Wildman–Crippen LogP) is 3.53. The third-order valence-electron chi connectivity index (χ3n) is 3.80. The Bertz CT molecular complexity index is 850. The zero-order valence-corrected chi connectivity index (χ0v) is 17.1. The van der Waals surface area contributed by atoms with E-state index in [2.05, 4.69) is 26.6 Å². The number of carbonyl (C=O) groups is 1. The van der Waals surface area contributed by atoms with Gasteiger partial charge in [0, 0.05) is 23.2 Å². The molecule has 2 aromatic rings. The molecule has 0 spiro atoms. The number of anilines is 2. The van der Waals surface area contributed by atoms with E-state index in [-0.39, 0.29) is 17.3 Å². The molecule has 0 radical (unpaired) electrons. The molecule has 26 heavy (non-hydrogen) atoms. The Hall–Kier alpha value is -1.90. The Labute approximate surface area is 162 Å². The Morgan fingerprint density at radius 2 is 1.65 bits per heavy atom. The van der Waals surface area contributed by atoms with Crippen molar-refractivity contribution < 1.29 is 13.2 Å². The van der Waals surface area contributed by atoms with Crippen LogP contribution in [0.2, 0.25) is 0 Å². The minimum atomic E-state index is -3.47. The van der Waals surface area contributed by atoms with Crippen LogP contribution < -0.4 is 10.6 Å². The lowest BCUT2D eigenvalue weighted by molar-refractivity contribution is -0.114. The van der Waals surface area contributed by atoms with Crippen LogP contribution in [0.4, 0.5) is 11.4 Å². The summed E-state index contributed by atoms with van der Waals surface area (Å²) in [5.41, 5.74) is 1.37. The summed E-state index contributed by atoms with van der Waals surface area (Å²) < 4.78 is 27.1. The molecule has 0 heterocycles. The molecule has 2 rings (SSSR count). The van der Waals surface area contributed by atoms with Gasteiger partial charge in [0.05, 0.1) is 17.1 Å². The molecule has 0 atom stereocenters. The summed E-state index contributed by atoms with van der Waals surface area (Å²) in [7, 11) is -3.47. The minimum Gasteiger partial charge on any atom is -0.376 e. The highest BCUT2D eigenvalue weighted by molar-refractivity contribution is 9.10. The van der Waals surface area contributed by atoms with Crippen LogP contribution in [0.25, 0.3) is 0 Å². The van der Waals surface area contributed by atoms with Crippen LogP contribution in [0.1, 0.15) is 13.8 Å². The topological polar surface area (TPSA) is 78.5 Å². The summed E-state index contributed by atoms with van der Waals surface area (Å²) >= 11 is 3.37. The van der Waals surface area contributed by atoms with Gasteiger partial charge in [0.2, 0.25) is 15.9 Å². The zero-order chi connectivity index (χ0) is 19.2. The number of nitrogens with zero attached hydrogens (tertiary/aromatic N) is 1. The van der Waals surface area contributed by atoms with Gasteiger partial charge in [0.25, 0.3) is 0 Å². The zero-order valence-electron chi connectivity index (χ0n) is 14.7. The predicted molar refractivity (Wildman–Crippen MR) is 108 cm³/mol. The number of para-hydroxylation sites is 1. The van der Waals surface area contributed by atoms with E-state index in [1.165, 1.54) is 4.31 Å². The van der Waals surface area contributed by atoms with E-state index in [4.69, 9.17) is 0 Å². The molecule has 0 saturated carbocycles. The van der Waals surface area contributed by atoms with Gasteiger partial charge in [-0.15, -0.1) is 0 Å². The van der Waals surface area contributed by atoms with Gasteiger partial charge in [0.15, 0.2) is 0 Å². The molecule has 0 aromatic heterocycles. The SMILES string of the molecule is CCN(CC)S(=O)(=O)c1ccc(NCC(=O)Nc2ccccc2Br)cc1. The van der Waals surface area contributed by atoms with Crippen molar-refractivity contribution in [1.29, 1.82) is 0 Å². The van der Waals surface area contributed by atoms with E-state index in [0.717, 1.165) is 4.47 Å². The fourth-order valence-corrected chi connectivity index (χ4v) is 4.24. The summed E-state index contributed by atoms with van der Waals surface area (Å²) in [4.78, 5) is 12.3. The Kier molecular flexibility index (Phi) is 7.19. The standard InChI is InChI=1S/C18H22BrN3O3S/c1-3-22(4-2)26(24,25)15-11-9-14(10-12-15)20-13-18(23)21-17-8-6-5-7-16(17)19/h5-12,20H,3-4,13H2,1-2H3,(H,21,23). The summed E-state index contributed by atoms with van der Waals surface area (Å²) in [6.07, 6.45) is 0. The molecule has 8 heteroatoms. The van der Waals surface area contributed by atoms with Gasteiger partial charge < -0.3 is 10.6 Å². The number of nitrogens with one attached hydrogen (secondary N) is 2. The average Bonchev–Trinajstić information content (AvgIpc) is 2.63. The van der Waals surface area contributed by atoms with E-state index >= 15 is 0 Å². The van der Waals surface area contributed by atoms with E-state index in [1.807, 2.05) is 18.2 Å². The van der Waals surface area contributed by atoms with Gasteiger partial charge in [0.1, 0.15) is 0 Å². The molecule has 0 bridgehead atoms. The van der Waals surface area contributed by atoms with Crippen LogP contribution in [0.3, 0.4) is 0 Å². The molecule has 0 aliphatic rings. The Morgan fingerprint density at radius 3 is 2.23 bits per heavy atom. The molecule has 0 unspecified atom stereocenters. The molecule has 1 amide bonds. The van der Waals surface area contributed by atoms with Gasteiger partial charge >= 0.3 is 0 Å². The molecule has 0 fully saturated rings. The summed E-state index contributed by atoms with van der Waals surface area (Å²) in [6.45, 7) is 4.53. The Balaban J connectivity index is 1.97. The second-order valence-electron chi connectivity index (χ2n) is 5.50. The van der Waals surface area contributed by atoms with Crippen molar-refractivity contribution in [2.75, 3.05) is 30.3 Å². The molecule has 2 aromatic carbocycles. The van der Waals surface area contributed by atoms with Crippen molar-refractivity contribution in [2.45, 2.75) is 18.7 Å². The highest BCUT2D eigenvalue weighted by Crippen LogP contribution is 2.21. The lowest BCUT2D eigenvalue weighted by Gasteiger charge is -2.18. The number of amides is 1. The molecule has 0 aliphatic carbocycles. The molecule has 0 aliphatic heterocycles. The van der Waals surface area contributed by atoms with Crippen molar-refractivity contribution in [3.63, 3.8) is 0 Å². The van der Waals surface area contributed by atoms with Crippen LogP contribution in [0.5, 0.6) is 0 Å². The smallest absolute Gasteiger partial charge is 0.243 e. The third kappa shape index (κ3) is 5.06. The van der Waals surface area contributed by atoms with Crippen molar-refractivity contribution in [3.05, 3.63) is 53.0 Å². The van der Waals surface area contributed by atoms with Crippen molar-refractivity contribution in [1.82, 2.24) is 4.31 Å². The normalized spacial score (nSPS) is 11.4. The minimum absolute atomic E-state index is 0.0729. The molecular weight excluding hydrogens is 418 g/mol. The fraction of sp³-hybridized carbons (Fsp3) is 0.278. The molecule has 6 nitrogen and oxygen atoms in total. The average molecular weight is 440 g/mol. The lowest BCUT2D eigenvalue weighted by atomic mass is 10.3. The summed E-state index contributed by atoms with van der Waals surface area (Å²) in [6, 6.07) is 13.7. The second-order valence-corrected chi connectivity index (χ2v) is 8.29. The molecular formula is C18H22BrN3O3S. The van der Waals surface area contributed by atoms with Crippen LogP contribution in [-0.4, -0.2) is 38.3 Å². The van der Waals surface area contributed by atoms with Gasteiger partial charge in [-0.2, -0.15) is 4.31 Å². The molecule has 140 valence electrons. The van der Waals surface area contributed by atoms with Gasteiger partial charge in [-0.3, -0.25) is 4.79 Å². The third-order valence-corrected chi connectivity index (χ3v) is 6.55. The lowest BCUT2D eigenvalue weighted by Crippen LogP contribution is -2.30. The summed E-state index contributed by atoms with van der Waals surface area (Å²) in [5.74, 6) is -0.197. The number of benzene rings is 2. The first-order valence-electron chi connectivity index (χ1n) is 8.27. The number of halogens is 1. The number of hydrogen-bond acceptors (Lipinski definition) is 4. The first kappa shape index (κ1) is 20.4. The largest absolute Gasteiger partial charge is 0.376 e. The van der Waals surface area contributed by atoms with Crippen molar-refractivity contribution in [3.8, 4) is 0 Å². The second kappa shape index (κ2) is 9.16. The van der Waals surface area contributed by atoms with Gasteiger partial charge in [-0.25, -0.2) is 8.42 Å². The number of sulfonamides is 1. The monoisotopic (exact) mass is 439 g/mol. The quantitative estimate of drug-likeness (QED) is 0.659. The maximum atomic E-state index is 12.4. The van der Waals surface area contributed by atoms with Crippen LogP contribution >= 0.6 is 15.9 Å². The first-order chi connectivity index (χ1) is 12.4. The van der Waals surface area contributed by atoms with E-state index < -0.39 is 10.0 Å². The molecule has 0 saturated heterocycles. The number of hydrogen-bond donors (Lipinski definition) is 2. The van der Waals surface area contributed by atoms with Crippen molar-refractivity contribution in [2.24, 2.45) is 0 Å². The van der Waals surface area contributed by atoms with Crippen molar-refractivity contribution >= 4 is 43.2 Å². The molecule has 2 N–H and O–H groups in total. The van der Waals surface area contributed by atoms with Crippen LogP contribution in [0.15, 0.2) is 57.9 Å². The van der Waals surface area contributed by atoms with E-state index in [9.17, 15) is 13.2 Å². The number of carbonyl (C=O) groups excluding carboxylic acids is 1. The summed E-state index contributed by atoms with van der Waals surface area (Å²) in [5, 5.41) is 5.78.